The minimum atomic E-state index is -0.0862. The zero-order valence-corrected chi connectivity index (χ0v) is 15.1. The van der Waals surface area contributed by atoms with Crippen LogP contribution < -0.4 is 0 Å². The molecule has 23 heavy (non-hydrogen) atoms. The van der Waals surface area contributed by atoms with Crippen molar-refractivity contribution in [2.24, 2.45) is 39.9 Å². The maximum absolute atomic E-state index is 13.3. The second kappa shape index (κ2) is 4.35. The van der Waals surface area contributed by atoms with E-state index in [0.29, 0.717) is 5.41 Å². The van der Waals surface area contributed by atoms with Crippen molar-refractivity contribution in [3.8, 4) is 0 Å². The van der Waals surface area contributed by atoms with Crippen LogP contribution in [0, 0.1) is 39.9 Å². The molecule has 0 saturated heterocycles. The van der Waals surface area contributed by atoms with E-state index in [9.17, 15) is 4.79 Å². The Bertz CT molecular complexity index is 513. The van der Waals surface area contributed by atoms with Crippen molar-refractivity contribution in [2.45, 2.75) is 84.7 Å². The largest absolute Gasteiger partial charge is 0.461 e. The molecule has 0 unspecified atom stereocenters. The van der Waals surface area contributed by atoms with Gasteiger partial charge in [-0.3, -0.25) is 4.79 Å². The van der Waals surface area contributed by atoms with Crippen LogP contribution in [0.25, 0.3) is 0 Å². The quantitative estimate of drug-likeness (QED) is 0.673. The van der Waals surface area contributed by atoms with Gasteiger partial charge in [0.15, 0.2) is 0 Å². The van der Waals surface area contributed by atoms with E-state index < -0.39 is 0 Å². The molecule has 6 saturated carbocycles. The van der Waals surface area contributed by atoms with Gasteiger partial charge in [0, 0.05) is 5.41 Å². The molecule has 128 valence electrons. The standard InChI is InChI=1S/C21H32O2/c1-19(2)16-4-5-20(19,3)17(9-16)23-18(22)21-10-13-6-14(11-21)8-15(7-13)12-21/h13-17H,4-12H2,1-3H3/t13?,14?,15?,16-,17+,20+,21?/m0/s1. The SMILES string of the molecule is CC1(C)[C@H]2CC[C@]1(C)[C@H](OC(=O)C13CC4CC(CC(C4)C1)C3)C2. The Morgan fingerprint density at radius 3 is 1.91 bits per heavy atom. The number of fused-ring (bicyclic) bond motifs is 2. The van der Waals surface area contributed by atoms with E-state index in [4.69, 9.17) is 4.74 Å². The monoisotopic (exact) mass is 316 g/mol. The van der Waals surface area contributed by atoms with E-state index in [1.165, 1.54) is 32.1 Å². The second-order valence-electron chi connectivity index (χ2n) is 10.7. The zero-order chi connectivity index (χ0) is 16.0. The minimum Gasteiger partial charge on any atom is -0.461 e. The molecule has 6 bridgehead atoms. The van der Waals surface area contributed by atoms with Gasteiger partial charge in [-0.05, 0) is 86.9 Å². The number of carbonyl (C=O) groups excluding carboxylic acids is 1. The van der Waals surface area contributed by atoms with Crippen molar-refractivity contribution in [3.05, 3.63) is 0 Å². The molecule has 0 aromatic rings. The van der Waals surface area contributed by atoms with Crippen LogP contribution in [-0.2, 0) is 9.53 Å². The minimum absolute atomic E-state index is 0.0862. The summed E-state index contributed by atoms with van der Waals surface area (Å²) in [5.74, 6) is 3.41. The maximum Gasteiger partial charge on any atom is 0.312 e. The molecule has 2 heteroatoms. The zero-order valence-electron chi connectivity index (χ0n) is 15.1. The first-order valence-corrected chi connectivity index (χ1v) is 10.0. The molecule has 6 aliphatic rings. The molecular formula is C21H32O2. The summed E-state index contributed by atoms with van der Waals surface area (Å²) in [6.45, 7) is 7.20. The number of rotatable bonds is 2. The smallest absolute Gasteiger partial charge is 0.312 e. The summed E-state index contributed by atoms with van der Waals surface area (Å²) in [6.07, 6.45) is 11.4. The van der Waals surface area contributed by atoms with Crippen molar-refractivity contribution in [2.75, 3.05) is 0 Å². The fourth-order valence-electron chi connectivity index (χ4n) is 7.92. The molecule has 0 radical (unpaired) electrons. The molecule has 0 aromatic carbocycles. The Kier molecular flexibility index (Phi) is 2.80. The number of esters is 1. The van der Waals surface area contributed by atoms with E-state index in [1.807, 2.05) is 0 Å². The third-order valence-corrected chi connectivity index (χ3v) is 9.43. The van der Waals surface area contributed by atoms with Crippen LogP contribution in [-0.4, -0.2) is 12.1 Å². The van der Waals surface area contributed by atoms with Gasteiger partial charge in [0.05, 0.1) is 5.41 Å². The third-order valence-electron chi connectivity index (χ3n) is 9.43. The lowest BCUT2D eigenvalue weighted by atomic mass is 9.49. The molecule has 0 heterocycles. The Labute approximate surface area is 140 Å². The van der Waals surface area contributed by atoms with E-state index in [1.54, 1.807) is 0 Å². The predicted molar refractivity (Wildman–Crippen MR) is 89.7 cm³/mol. The van der Waals surface area contributed by atoms with Crippen LogP contribution in [0.15, 0.2) is 0 Å². The lowest BCUT2D eigenvalue weighted by Crippen LogP contribution is -2.52. The molecule has 0 N–H and O–H groups in total. The highest BCUT2D eigenvalue weighted by Gasteiger charge is 2.64. The van der Waals surface area contributed by atoms with Crippen molar-refractivity contribution in [1.29, 1.82) is 0 Å². The van der Waals surface area contributed by atoms with Crippen LogP contribution >= 0.6 is 0 Å². The molecule has 0 spiro atoms. The van der Waals surface area contributed by atoms with E-state index >= 15 is 0 Å². The topological polar surface area (TPSA) is 26.3 Å². The molecule has 0 aromatic heterocycles. The Morgan fingerprint density at radius 2 is 1.48 bits per heavy atom. The number of ether oxygens (including phenoxy) is 1. The summed E-state index contributed by atoms with van der Waals surface area (Å²) >= 11 is 0. The number of hydrogen-bond donors (Lipinski definition) is 0. The maximum atomic E-state index is 13.3. The predicted octanol–water partition coefficient (Wildman–Crippen LogP) is 4.96. The molecule has 0 aliphatic heterocycles. The Hall–Kier alpha value is -0.530. The van der Waals surface area contributed by atoms with Gasteiger partial charge in [-0.2, -0.15) is 0 Å². The first kappa shape index (κ1) is 14.8. The van der Waals surface area contributed by atoms with Crippen molar-refractivity contribution < 1.29 is 9.53 Å². The number of carbonyl (C=O) groups is 1. The van der Waals surface area contributed by atoms with Gasteiger partial charge in [0.1, 0.15) is 6.10 Å². The van der Waals surface area contributed by atoms with Gasteiger partial charge < -0.3 is 4.74 Å². The lowest BCUT2D eigenvalue weighted by Gasteiger charge is -2.55. The van der Waals surface area contributed by atoms with Crippen LogP contribution in [0.3, 0.4) is 0 Å². The van der Waals surface area contributed by atoms with Gasteiger partial charge in [0.25, 0.3) is 0 Å². The van der Waals surface area contributed by atoms with Crippen molar-refractivity contribution in [3.63, 3.8) is 0 Å². The van der Waals surface area contributed by atoms with Crippen molar-refractivity contribution >= 4 is 5.97 Å². The fraction of sp³-hybridized carbons (Fsp3) is 0.952. The normalized spacial score (nSPS) is 55.3. The summed E-state index contributed by atoms with van der Waals surface area (Å²) in [7, 11) is 0. The molecule has 6 rings (SSSR count). The molecular weight excluding hydrogens is 284 g/mol. The molecule has 0 amide bonds. The Morgan fingerprint density at radius 1 is 0.913 bits per heavy atom. The lowest BCUT2D eigenvalue weighted by molar-refractivity contribution is -0.184. The second-order valence-corrected chi connectivity index (χ2v) is 10.7. The summed E-state index contributed by atoms with van der Waals surface area (Å²) in [5.41, 5.74) is 0.451. The average Bonchev–Trinajstić information content (AvgIpc) is 2.79. The van der Waals surface area contributed by atoms with Crippen LogP contribution in [0.4, 0.5) is 0 Å². The first-order chi connectivity index (χ1) is 10.8. The molecule has 6 fully saturated rings. The summed E-state index contributed by atoms with van der Waals surface area (Å²) in [4.78, 5) is 13.3. The molecule has 6 aliphatic carbocycles. The van der Waals surface area contributed by atoms with Gasteiger partial charge in [0.2, 0.25) is 0 Å². The van der Waals surface area contributed by atoms with Crippen LogP contribution in [0.1, 0.15) is 78.6 Å². The van der Waals surface area contributed by atoms with Crippen LogP contribution in [0.5, 0.6) is 0 Å². The van der Waals surface area contributed by atoms with E-state index in [0.717, 1.165) is 49.4 Å². The highest BCUT2D eigenvalue weighted by molar-refractivity contribution is 5.78. The fourth-order valence-corrected chi connectivity index (χ4v) is 7.92. The average molecular weight is 316 g/mol. The van der Waals surface area contributed by atoms with E-state index in [2.05, 4.69) is 20.8 Å². The highest BCUT2D eigenvalue weighted by atomic mass is 16.5. The van der Waals surface area contributed by atoms with Gasteiger partial charge >= 0.3 is 5.97 Å². The Balaban J connectivity index is 1.37. The van der Waals surface area contributed by atoms with Gasteiger partial charge in [-0.1, -0.05) is 20.8 Å². The summed E-state index contributed by atoms with van der Waals surface area (Å²) in [5, 5.41) is 0. The van der Waals surface area contributed by atoms with Gasteiger partial charge in [-0.25, -0.2) is 0 Å². The summed E-state index contributed by atoms with van der Waals surface area (Å²) in [6, 6.07) is 0. The third kappa shape index (κ3) is 1.79. The first-order valence-electron chi connectivity index (χ1n) is 10.0. The number of hydrogen-bond acceptors (Lipinski definition) is 2. The summed E-state index contributed by atoms with van der Waals surface area (Å²) < 4.78 is 6.33. The van der Waals surface area contributed by atoms with Gasteiger partial charge in [-0.15, -0.1) is 0 Å². The van der Waals surface area contributed by atoms with E-state index in [-0.39, 0.29) is 22.9 Å². The molecule has 3 atom stereocenters. The van der Waals surface area contributed by atoms with Crippen molar-refractivity contribution in [1.82, 2.24) is 0 Å². The highest BCUT2D eigenvalue weighted by Crippen LogP contribution is 2.67. The van der Waals surface area contributed by atoms with Crippen LogP contribution in [0.2, 0.25) is 0 Å². The molecule has 2 nitrogen and oxygen atoms in total.